The molecule has 1 saturated heterocycles. The Hall–Kier alpha value is -1.55. The summed E-state index contributed by atoms with van der Waals surface area (Å²) in [5, 5.41) is 0. The molecule has 1 aromatic rings. The minimum Gasteiger partial charge on any atom is -0.496 e. The van der Waals surface area contributed by atoms with Crippen molar-refractivity contribution in [3.8, 4) is 5.75 Å². The van der Waals surface area contributed by atoms with Gasteiger partial charge in [0.2, 0.25) is 0 Å². The number of ether oxygens (including phenoxy) is 2. The molecule has 1 heterocycles. The van der Waals surface area contributed by atoms with Crippen LogP contribution in [0.15, 0.2) is 18.2 Å². The second-order valence-corrected chi connectivity index (χ2v) is 6.41. The van der Waals surface area contributed by atoms with E-state index >= 15 is 0 Å². The molecular formula is C19H29NO3. The van der Waals surface area contributed by atoms with Crippen LogP contribution >= 0.6 is 0 Å². The number of amides is 1. The molecule has 1 aliphatic rings. The number of piperidine rings is 1. The standard InChI is InChI=1S/C19H29NO3/c1-4-5-12-23-14-17-13-16(6-7-18(17)22-3)19(21)20-10-8-15(2)9-11-20/h6-7,13,15H,4-5,8-12,14H2,1-3H3. The summed E-state index contributed by atoms with van der Waals surface area (Å²) >= 11 is 0. The van der Waals surface area contributed by atoms with Crippen LogP contribution < -0.4 is 4.74 Å². The van der Waals surface area contributed by atoms with Crippen molar-refractivity contribution < 1.29 is 14.3 Å². The van der Waals surface area contributed by atoms with Crippen LogP contribution in [0.4, 0.5) is 0 Å². The van der Waals surface area contributed by atoms with Gasteiger partial charge >= 0.3 is 0 Å². The predicted molar refractivity (Wildman–Crippen MR) is 91.9 cm³/mol. The van der Waals surface area contributed by atoms with Gasteiger partial charge in [0.05, 0.1) is 13.7 Å². The van der Waals surface area contributed by atoms with Crippen molar-refractivity contribution in [2.45, 2.75) is 46.1 Å². The van der Waals surface area contributed by atoms with Gasteiger partial charge in [-0.1, -0.05) is 20.3 Å². The van der Waals surface area contributed by atoms with E-state index in [0.29, 0.717) is 6.61 Å². The summed E-state index contributed by atoms with van der Waals surface area (Å²) < 4.78 is 11.1. The Balaban J connectivity index is 2.05. The molecule has 128 valence electrons. The highest BCUT2D eigenvalue weighted by atomic mass is 16.5. The van der Waals surface area contributed by atoms with Crippen LogP contribution in [-0.4, -0.2) is 37.6 Å². The van der Waals surface area contributed by atoms with Crippen LogP contribution in [-0.2, 0) is 11.3 Å². The third-order valence-electron chi connectivity index (χ3n) is 4.50. The van der Waals surface area contributed by atoms with E-state index in [9.17, 15) is 4.79 Å². The number of methoxy groups -OCH3 is 1. The maximum atomic E-state index is 12.7. The summed E-state index contributed by atoms with van der Waals surface area (Å²) in [5.74, 6) is 1.62. The van der Waals surface area contributed by atoms with Crippen molar-refractivity contribution in [1.29, 1.82) is 0 Å². The van der Waals surface area contributed by atoms with Crippen molar-refractivity contribution in [1.82, 2.24) is 4.90 Å². The Labute approximate surface area is 139 Å². The first kappa shape index (κ1) is 17.8. The zero-order valence-electron chi connectivity index (χ0n) is 14.6. The summed E-state index contributed by atoms with van der Waals surface area (Å²) in [6.45, 7) is 7.33. The molecule has 0 unspecified atom stereocenters. The van der Waals surface area contributed by atoms with E-state index in [4.69, 9.17) is 9.47 Å². The van der Waals surface area contributed by atoms with Crippen molar-refractivity contribution in [3.63, 3.8) is 0 Å². The highest BCUT2D eigenvalue weighted by molar-refractivity contribution is 5.94. The molecule has 1 amide bonds. The maximum absolute atomic E-state index is 12.7. The second kappa shape index (κ2) is 8.92. The van der Waals surface area contributed by atoms with Crippen LogP contribution in [0.2, 0.25) is 0 Å². The van der Waals surface area contributed by atoms with E-state index in [1.54, 1.807) is 7.11 Å². The molecule has 1 aromatic carbocycles. The molecule has 1 fully saturated rings. The SMILES string of the molecule is CCCCOCc1cc(C(=O)N2CCC(C)CC2)ccc1OC. The Morgan fingerprint density at radius 1 is 1.30 bits per heavy atom. The molecule has 2 rings (SSSR count). The first-order chi connectivity index (χ1) is 11.2. The smallest absolute Gasteiger partial charge is 0.253 e. The van der Waals surface area contributed by atoms with Crippen LogP contribution in [0.3, 0.4) is 0 Å². The van der Waals surface area contributed by atoms with Gasteiger partial charge in [0.15, 0.2) is 0 Å². The fraction of sp³-hybridized carbons (Fsp3) is 0.632. The van der Waals surface area contributed by atoms with Gasteiger partial charge in [-0.3, -0.25) is 4.79 Å². The van der Waals surface area contributed by atoms with Crippen molar-refractivity contribution >= 4 is 5.91 Å². The highest BCUT2D eigenvalue weighted by Gasteiger charge is 2.22. The fourth-order valence-electron chi connectivity index (χ4n) is 2.85. The van der Waals surface area contributed by atoms with Crippen molar-refractivity contribution in [2.24, 2.45) is 5.92 Å². The molecule has 4 heteroatoms. The Kier molecular flexibility index (Phi) is 6.90. The summed E-state index contributed by atoms with van der Waals surface area (Å²) in [6, 6.07) is 5.65. The minimum absolute atomic E-state index is 0.120. The molecule has 0 spiro atoms. The number of nitrogens with zero attached hydrogens (tertiary/aromatic N) is 1. The summed E-state index contributed by atoms with van der Waals surface area (Å²) in [4.78, 5) is 14.6. The minimum atomic E-state index is 0.120. The molecule has 0 atom stereocenters. The molecule has 4 nitrogen and oxygen atoms in total. The van der Waals surface area contributed by atoms with Crippen molar-refractivity contribution in [2.75, 3.05) is 26.8 Å². The number of carbonyl (C=O) groups is 1. The van der Waals surface area contributed by atoms with E-state index in [2.05, 4.69) is 13.8 Å². The number of hydrogen-bond donors (Lipinski definition) is 0. The number of unbranched alkanes of at least 4 members (excludes halogenated alkanes) is 1. The van der Waals surface area contributed by atoms with E-state index in [0.717, 1.165) is 68.2 Å². The molecular weight excluding hydrogens is 290 g/mol. The first-order valence-electron chi connectivity index (χ1n) is 8.69. The van der Waals surface area contributed by atoms with E-state index < -0.39 is 0 Å². The quantitative estimate of drug-likeness (QED) is 0.716. The highest BCUT2D eigenvalue weighted by Crippen LogP contribution is 2.23. The Bertz CT molecular complexity index is 507. The van der Waals surface area contributed by atoms with Gasteiger partial charge in [-0.05, 0) is 43.4 Å². The number of carbonyl (C=O) groups excluding carboxylic acids is 1. The van der Waals surface area contributed by atoms with E-state index in [1.165, 1.54) is 0 Å². The number of likely N-dealkylation sites (tertiary alicyclic amines) is 1. The van der Waals surface area contributed by atoms with Crippen LogP contribution in [0.1, 0.15) is 55.5 Å². The van der Waals surface area contributed by atoms with Gasteiger partial charge < -0.3 is 14.4 Å². The van der Waals surface area contributed by atoms with Crippen LogP contribution in [0.5, 0.6) is 5.75 Å². The normalized spacial score (nSPS) is 15.7. The van der Waals surface area contributed by atoms with E-state index in [-0.39, 0.29) is 5.91 Å². The van der Waals surface area contributed by atoms with Gasteiger partial charge in [-0.15, -0.1) is 0 Å². The average Bonchev–Trinajstić information content (AvgIpc) is 2.58. The predicted octanol–water partition coefficient (Wildman–Crippen LogP) is 3.88. The number of rotatable bonds is 7. The third-order valence-corrected chi connectivity index (χ3v) is 4.50. The molecule has 0 radical (unpaired) electrons. The van der Waals surface area contributed by atoms with Gasteiger partial charge in [-0.2, -0.15) is 0 Å². The molecule has 23 heavy (non-hydrogen) atoms. The fourth-order valence-corrected chi connectivity index (χ4v) is 2.85. The van der Waals surface area contributed by atoms with Crippen LogP contribution in [0.25, 0.3) is 0 Å². The van der Waals surface area contributed by atoms with Crippen molar-refractivity contribution in [3.05, 3.63) is 29.3 Å². The van der Waals surface area contributed by atoms with Gasteiger partial charge in [0, 0.05) is 30.8 Å². The lowest BCUT2D eigenvalue weighted by molar-refractivity contribution is 0.0696. The summed E-state index contributed by atoms with van der Waals surface area (Å²) in [6.07, 6.45) is 4.35. The van der Waals surface area contributed by atoms with Gasteiger partial charge in [0.25, 0.3) is 5.91 Å². The van der Waals surface area contributed by atoms with Crippen LogP contribution in [0, 0.1) is 5.92 Å². The largest absolute Gasteiger partial charge is 0.496 e. The van der Waals surface area contributed by atoms with E-state index in [1.807, 2.05) is 23.1 Å². The number of benzene rings is 1. The third kappa shape index (κ3) is 4.96. The molecule has 0 bridgehead atoms. The second-order valence-electron chi connectivity index (χ2n) is 6.41. The van der Waals surface area contributed by atoms with Gasteiger partial charge in [0.1, 0.15) is 5.75 Å². The Morgan fingerprint density at radius 2 is 2.04 bits per heavy atom. The summed E-state index contributed by atoms with van der Waals surface area (Å²) in [5.41, 5.74) is 1.68. The first-order valence-corrected chi connectivity index (χ1v) is 8.69. The zero-order valence-corrected chi connectivity index (χ0v) is 14.6. The van der Waals surface area contributed by atoms with Gasteiger partial charge in [-0.25, -0.2) is 0 Å². The lowest BCUT2D eigenvalue weighted by Gasteiger charge is -2.30. The maximum Gasteiger partial charge on any atom is 0.253 e. The topological polar surface area (TPSA) is 38.8 Å². The molecule has 0 N–H and O–H groups in total. The molecule has 1 aliphatic heterocycles. The Morgan fingerprint density at radius 3 is 2.70 bits per heavy atom. The summed E-state index contributed by atoms with van der Waals surface area (Å²) in [7, 11) is 1.65. The lowest BCUT2D eigenvalue weighted by Crippen LogP contribution is -2.37. The molecule has 0 aliphatic carbocycles. The molecule has 0 saturated carbocycles. The molecule has 0 aromatic heterocycles. The average molecular weight is 319 g/mol. The zero-order chi connectivity index (χ0) is 16.7. The monoisotopic (exact) mass is 319 g/mol. The number of hydrogen-bond acceptors (Lipinski definition) is 3. The lowest BCUT2D eigenvalue weighted by atomic mass is 9.98.